The Morgan fingerprint density at radius 1 is 1.47 bits per heavy atom. The number of likely N-dealkylation sites (tertiary alicyclic amines) is 1. The second-order valence-electron chi connectivity index (χ2n) is 4.74. The van der Waals surface area contributed by atoms with Crippen molar-refractivity contribution in [1.82, 2.24) is 15.2 Å². The third-order valence-electron chi connectivity index (χ3n) is 3.32. The number of carbonyl (C=O) groups is 1. The highest BCUT2D eigenvalue weighted by Crippen LogP contribution is 2.22. The Bertz CT molecular complexity index is 459. The average molecular weight is 328 g/mol. The van der Waals surface area contributed by atoms with Gasteiger partial charge in [0.05, 0.1) is 7.11 Å². The molecular weight excluding hydrogens is 310 g/mol. The number of pyridine rings is 1. The number of carbonyl (C=O) groups excluding carboxylic acids is 1. The zero-order valence-electron chi connectivity index (χ0n) is 11.1. The molecule has 1 aromatic rings. The SMILES string of the molecule is COc1ccc(C(=O)NC2CCN(C)CC2)nc1Br. The van der Waals surface area contributed by atoms with Crippen LogP contribution < -0.4 is 10.1 Å². The van der Waals surface area contributed by atoms with Gasteiger partial charge in [-0.25, -0.2) is 4.98 Å². The van der Waals surface area contributed by atoms with Crippen molar-refractivity contribution in [1.29, 1.82) is 0 Å². The number of rotatable bonds is 3. The van der Waals surface area contributed by atoms with Crippen LogP contribution in [0.15, 0.2) is 16.7 Å². The maximum Gasteiger partial charge on any atom is 0.270 e. The van der Waals surface area contributed by atoms with Gasteiger partial charge < -0.3 is 15.0 Å². The number of nitrogens with one attached hydrogen (secondary N) is 1. The normalized spacial score (nSPS) is 17.2. The summed E-state index contributed by atoms with van der Waals surface area (Å²) in [7, 11) is 3.67. The Kier molecular flexibility index (Phi) is 4.76. The van der Waals surface area contributed by atoms with Crippen molar-refractivity contribution in [2.24, 2.45) is 0 Å². The molecule has 104 valence electrons. The molecule has 1 N–H and O–H groups in total. The highest BCUT2D eigenvalue weighted by Gasteiger charge is 2.20. The highest BCUT2D eigenvalue weighted by molar-refractivity contribution is 9.10. The average Bonchev–Trinajstić information content (AvgIpc) is 2.41. The van der Waals surface area contributed by atoms with Crippen LogP contribution in [0.3, 0.4) is 0 Å². The zero-order valence-corrected chi connectivity index (χ0v) is 12.7. The third-order valence-corrected chi connectivity index (χ3v) is 3.89. The van der Waals surface area contributed by atoms with Crippen molar-refractivity contribution >= 4 is 21.8 Å². The quantitative estimate of drug-likeness (QED) is 0.858. The van der Waals surface area contributed by atoms with Gasteiger partial charge in [0, 0.05) is 6.04 Å². The van der Waals surface area contributed by atoms with E-state index in [1.807, 2.05) is 0 Å². The van der Waals surface area contributed by atoms with E-state index in [0.29, 0.717) is 16.0 Å². The van der Waals surface area contributed by atoms with Crippen LogP contribution in [0.4, 0.5) is 0 Å². The Hall–Kier alpha value is -1.14. The van der Waals surface area contributed by atoms with Gasteiger partial charge in [0.1, 0.15) is 10.3 Å². The second-order valence-corrected chi connectivity index (χ2v) is 5.49. The summed E-state index contributed by atoms with van der Waals surface area (Å²) in [5.41, 5.74) is 0.409. The van der Waals surface area contributed by atoms with Crippen molar-refractivity contribution in [2.45, 2.75) is 18.9 Å². The summed E-state index contributed by atoms with van der Waals surface area (Å²) in [6.45, 7) is 2.04. The first-order valence-corrected chi connectivity index (χ1v) is 7.09. The van der Waals surface area contributed by atoms with Crippen molar-refractivity contribution in [3.63, 3.8) is 0 Å². The molecule has 2 heterocycles. The van der Waals surface area contributed by atoms with Gasteiger partial charge in [-0.3, -0.25) is 4.79 Å². The largest absolute Gasteiger partial charge is 0.494 e. The number of halogens is 1. The second kappa shape index (κ2) is 6.34. The number of hydrogen-bond acceptors (Lipinski definition) is 4. The monoisotopic (exact) mass is 327 g/mol. The first-order chi connectivity index (χ1) is 9.10. The molecule has 1 aliphatic rings. The van der Waals surface area contributed by atoms with Crippen molar-refractivity contribution < 1.29 is 9.53 Å². The maximum absolute atomic E-state index is 12.1. The minimum atomic E-state index is -0.127. The van der Waals surface area contributed by atoms with E-state index in [-0.39, 0.29) is 11.9 Å². The predicted molar refractivity (Wildman–Crippen MR) is 76.5 cm³/mol. The van der Waals surface area contributed by atoms with Crippen molar-refractivity contribution in [3.8, 4) is 5.75 Å². The van der Waals surface area contributed by atoms with Crippen LogP contribution in [-0.4, -0.2) is 49.1 Å². The molecule has 0 spiro atoms. The minimum absolute atomic E-state index is 0.127. The highest BCUT2D eigenvalue weighted by atomic mass is 79.9. The molecule has 0 saturated carbocycles. The molecule has 0 aromatic carbocycles. The van der Waals surface area contributed by atoms with Crippen LogP contribution in [0, 0.1) is 0 Å². The van der Waals surface area contributed by atoms with Gasteiger partial charge in [-0.1, -0.05) is 0 Å². The van der Waals surface area contributed by atoms with Crippen LogP contribution in [0.2, 0.25) is 0 Å². The smallest absolute Gasteiger partial charge is 0.270 e. The van der Waals surface area contributed by atoms with Gasteiger partial charge in [0.15, 0.2) is 5.75 Å². The van der Waals surface area contributed by atoms with E-state index >= 15 is 0 Å². The topological polar surface area (TPSA) is 54.5 Å². The lowest BCUT2D eigenvalue weighted by molar-refractivity contribution is 0.0911. The summed E-state index contributed by atoms with van der Waals surface area (Å²) in [5, 5.41) is 3.03. The molecule has 2 rings (SSSR count). The van der Waals surface area contributed by atoms with E-state index in [0.717, 1.165) is 25.9 Å². The lowest BCUT2D eigenvalue weighted by atomic mass is 10.1. The van der Waals surface area contributed by atoms with Crippen molar-refractivity contribution in [3.05, 3.63) is 22.4 Å². The number of amides is 1. The molecule has 0 atom stereocenters. The van der Waals surface area contributed by atoms with E-state index in [4.69, 9.17) is 4.74 Å². The maximum atomic E-state index is 12.1. The number of methoxy groups -OCH3 is 1. The van der Waals surface area contributed by atoms with Crippen molar-refractivity contribution in [2.75, 3.05) is 27.2 Å². The molecule has 6 heteroatoms. The molecule has 1 saturated heterocycles. The van der Waals surface area contributed by atoms with E-state index in [2.05, 4.69) is 38.2 Å². The van der Waals surface area contributed by atoms with Gasteiger partial charge in [0.2, 0.25) is 0 Å². The number of hydrogen-bond donors (Lipinski definition) is 1. The van der Waals surface area contributed by atoms with E-state index in [1.54, 1.807) is 19.2 Å². The molecule has 1 amide bonds. The third kappa shape index (κ3) is 3.67. The summed E-state index contributed by atoms with van der Waals surface area (Å²) >= 11 is 3.29. The van der Waals surface area contributed by atoms with Crippen LogP contribution in [0.1, 0.15) is 23.3 Å². The molecule has 0 radical (unpaired) electrons. The Balaban J connectivity index is 1.98. The Morgan fingerprint density at radius 3 is 2.74 bits per heavy atom. The van der Waals surface area contributed by atoms with Gasteiger partial charge in [-0.15, -0.1) is 0 Å². The van der Waals surface area contributed by atoms with Gasteiger partial charge in [-0.05, 0) is 61.0 Å². The fourth-order valence-corrected chi connectivity index (χ4v) is 2.60. The van der Waals surface area contributed by atoms with E-state index in [9.17, 15) is 4.79 Å². The molecule has 0 unspecified atom stereocenters. The summed E-state index contributed by atoms with van der Waals surface area (Å²) in [6.07, 6.45) is 1.97. The Labute approximate surface area is 121 Å². The first-order valence-electron chi connectivity index (χ1n) is 6.30. The molecule has 19 heavy (non-hydrogen) atoms. The summed E-state index contributed by atoms with van der Waals surface area (Å²) < 4.78 is 5.64. The lowest BCUT2D eigenvalue weighted by Crippen LogP contribution is -2.43. The fourth-order valence-electron chi connectivity index (χ4n) is 2.11. The molecule has 0 bridgehead atoms. The molecule has 0 aliphatic carbocycles. The zero-order chi connectivity index (χ0) is 13.8. The van der Waals surface area contributed by atoms with Crippen LogP contribution in [0.25, 0.3) is 0 Å². The molecule has 1 fully saturated rings. The Morgan fingerprint density at radius 2 is 2.16 bits per heavy atom. The van der Waals surface area contributed by atoms with E-state index < -0.39 is 0 Å². The molecular formula is C13H18BrN3O2. The standard InChI is InChI=1S/C13H18BrN3O2/c1-17-7-5-9(6-8-17)15-13(18)10-3-4-11(19-2)12(14)16-10/h3-4,9H,5-8H2,1-2H3,(H,15,18). The fraction of sp³-hybridized carbons (Fsp3) is 0.538. The summed E-state index contributed by atoms with van der Waals surface area (Å²) in [6, 6.07) is 3.65. The van der Waals surface area contributed by atoms with Gasteiger partial charge in [-0.2, -0.15) is 0 Å². The number of aromatic nitrogens is 1. The molecule has 5 nitrogen and oxygen atoms in total. The lowest BCUT2D eigenvalue weighted by Gasteiger charge is -2.29. The number of piperidine rings is 1. The van der Waals surface area contributed by atoms with Gasteiger partial charge >= 0.3 is 0 Å². The van der Waals surface area contributed by atoms with Crippen LogP contribution in [0.5, 0.6) is 5.75 Å². The number of ether oxygens (including phenoxy) is 1. The first kappa shape index (κ1) is 14.3. The van der Waals surface area contributed by atoms with E-state index in [1.165, 1.54) is 0 Å². The molecule has 1 aliphatic heterocycles. The van der Waals surface area contributed by atoms with Gasteiger partial charge in [0.25, 0.3) is 5.91 Å². The van der Waals surface area contributed by atoms with Crippen LogP contribution in [-0.2, 0) is 0 Å². The summed E-state index contributed by atoms with van der Waals surface area (Å²) in [4.78, 5) is 18.6. The minimum Gasteiger partial charge on any atom is -0.494 e. The molecule has 1 aromatic heterocycles. The van der Waals surface area contributed by atoms with Crippen LogP contribution >= 0.6 is 15.9 Å². The summed E-state index contributed by atoms with van der Waals surface area (Å²) in [5.74, 6) is 0.494. The predicted octanol–water partition coefficient (Wildman–Crippen LogP) is 1.68. The number of nitrogens with zero attached hydrogens (tertiary/aromatic N) is 2.